The van der Waals surface area contributed by atoms with E-state index in [9.17, 15) is 5.11 Å². The van der Waals surface area contributed by atoms with Gasteiger partial charge in [0.2, 0.25) is 0 Å². The van der Waals surface area contributed by atoms with Gasteiger partial charge in [0.25, 0.3) is 0 Å². The van der Waals surface area contributed by atoms with Crippen LogP contribution in [0.2, 0.25) is 5.02 Å². The van der Waals surface area contributed by atoms with Crippen LogP contribution in [0.15, 0.2) is 24.3 Å². The van der Waals surface area contributed by atoms with Crippen molar-refractivity contribution in [1.82, 2.24) is 0 Å². The molecule has 0 saturated heterocycles. The van der Waals surface area contributed by atoms with Crippen molar-refractivity contribution in [3.8, 4) is 0 Å². The van der Waals surface area contributed by atoms with Gasteiger partial charge in [-0.2, -0.15) is 0 Å². The van der Waals surface area contributed by atoms with Gasteiger partial charge in [0, 0.05) is 5.02 Å². The fraction of sp³-hybridized carbons (Fsp3) is 0.600. The van der Waals surface area contributed by atoms with E-state index in [-0.39, 0.29) is 11.5 Å². The lowest BCUT2D eigenvalue weighted by Crippen LogP contribution is -2.41. The first-order valence-corrected chi connectivity index (χ1v) is 6.65. The molecule has 1 N–H and O–H groups in total. The number of aliphatic hydroxyl groups excluding tert-OH is 1. The summed E-state index contributed by atoms with van der Waals surface area (Å²) in [4.78, 5) is 0. The van der Waals surface area contributed by atoms with Crippen molar-refractivity contribution < 1.29 is 5.11 Å². The Labute approximate surface area is 110 Å². The van der Waals surface area contributed by atoms with Crippen LogP contribution < -0.4 is 0 Å². The molecule has 0 bridgehead atoms. The van der Waals surface area contributed by atoms with Crippen LogP contribution in [0.4, 0.5) is 0 Å². The lowest BCUT2D eigenvalue weighted by atomic mass is 9.64. The molecule has 0 unspecified atom stereocenters. The Balaban J connectivity index is 0.000000317. The SMILES string of the molecule is CC(C)C.CC1(c2ccc(Cl)cc2)CC(O)C1. The molecule has 0 aliphatic heterocycles. The molecule has 1 saturated carbocycles. The van der Waals surface area contributed by atoms with Gasteiger partial charge in [0.15, 0.2) is 0 Å². The summed E-state index contributed by atoms with van der Waals surface area (Å²) in [7, 11) is 0. The first kappa shape index (κ1) is 14.5. The van der Waals surface area contributed by atoms with E-state index in [0.717, 1.165) is 23.8 Å². The summed E-state index contributed by atoms with van der Waals surface area (Å²) in [6.07, 6.45) is 1.63. The standard InChI is InChI=1S/C11H13ClO.C4H10/c1-11(6-10(13)7-11)8-2-4-9(12)5-3-8;1-4(2)3/h2-5,10,13H,6-7H2,1H3;4H,1-3H3. The number of benzene rings is 1. The summed E-state index contributed by atoms with van der Waals surface area (Å²) in [5.41, 5.74) is 1.45. The van der Waals surface area contributed by atoms with E-state index >= 15 is 0 Å². The molecule has 0 aromatic heterocycles. The fourth-order valence-electron chi connectivity index (χ4n) is 2.07. The highest BCUT2D eigenvalue weighted by Crippen LogP contribution is 2.43. The van der Waals surface area contributed by atoms with Crippen LogP contribution >= 0.6 is 11.6 Å². The minimum absolute atomic E-state index is 0.110. The molecule has 96 valence electrons. The van der Waals surface area contributed by atoms with Gasteiger partial charge in [-0.05, 0) is 41.9 Å². The second kappa shape index (κ2) is 5.88. The largest absolute Gasteiger partial charge is 0.393 e. The lowest BCUT2D eigenvalue weighted by Gasteiger charge is -2.43. The first-order valence-electron chi connectivity index (χ1n) is 6.27. The topological polar surface area (TPSA) is 20.2 Å². The van der Waals surface area contributed by atoms with Gasteiger partial charge in [-0.25, -0.2) is 0 Å². The maximum Gasteiger partial charge on any atom is 0.0557 e. The van der Waals surface area contributed by atoms with Crippen molar-refractivity contribution >= 4 is 11.6 Å². The van der Waals surface area contributed by atoms with Crippen molar-refractivity contribution in [1.29, 1.82) is 0 Å². The number of aliphatic hydroxyl groups is 1. The van der Waals surface area contributed by atoms with Crippen molar-refractivity contribution in [2.45, 2.75) is 52.1 Å². The molecule has 0 amide bonds. The molecule has 0 heterocycles. The van der Waals surface area contributed by atoms with E-state index in [4.69, 9.17) is 11.6 Å². The van der Waals surface area contributed by atoms with E-state index in [1.165, 1.54) is 5.56 Å². The van der Waals surface area contributed by atoms with Gasteiger partial charge in [0.1, 0.15) is 0 Å². The Hall–Kier alpha value is -0.530. The van der Waals surface area contributed by atoms with Gasteiger partial charge in [0.05, 0.1) is 6.10 Å². The van der Waals surface area contributed by atoms with Crippen molar-refractivity contribution in [2.24, 2.45) is 5.92 Å². The van der Waals surface area contributed by atoms with Crippen molar-refractivity contribution in [3.63, 3.8) is 0 Å². The summed E-state index contributed by atoms with van der Waals surface area (Å²) < 4.78 is 0. The smallest absolute Gasteiger partial charge is 0.0557 e. The summed E-state index contributed by atoms with van der Waals surface area (Å²) in [6, 6.07) is 7.92. The maximum absolute atomic E-state index is 9.27. The average Bonchev–Trinajstić information content (AvgIpc) is 2.15. The van der Waals surface area contributed by atoms with E-state index in [0.29, 0.717) is 0 Å². The lowest BCUT2D eigenvalue weighted by molar-refractivity contribution is 0.0273. The van der Waals surface area contributed by atoms with E-state index < -0.39 is 0 Å². The van der Waals surface area contributed by atoms with E-state index in [2.05, 4.69) is 27.7 Å². The molecular weight excluding hydrogens is 232 g/mol. The Morgan fingerprint density at radius 2 is 1.59 bits per heavy atom. The number of halogens is 1. The van der Waals surface area contributed by atoms with Gasteiger partial charge in [-0.3, -0.25) is 0 Å². The van der Waals surface area contributed by atoms with Gasteiger partial charge >= 0.3 is 0 Å². The molecular formula is C15H23ClO. The Morgan fingerprint density at radius 3 is 1.94 bits per heavy atom. The zero-order valence-corrected chi connectivity index (χ0v) is 12.0. The highest BCUT2D eigenvalue weighted by molar-refractivity contribution is 6.30. The van der Waals surface area contributed by atoms with Crippen molar-refractivity contribution in [2.75, 3.05) is 0 Å². The highest BCUT2D eigenvalue weighted by Gasteiger charge is 2.40. The molecule has 1 aliphatic carbocycles. The zero-order chi connectivity index (χ0) is 13.1. The molecule has 0 spiro atoms. The number of hydrogen-bond acceptors (Lipinski definition) is 1. The second-order valence-corrected chi connectivity index (χ2v) is 6.30. The average molecular weight is 255 g/mol. The summed E-state index contributed by atoms with van der Waals surface area (Å²) in [6.45, 7) is 8.68. The Morgan fingerprint density at radius 1 is 1.18 bits per heavy atom. The molecule has 2 rings (SSSR count). The molecule has 17 heavy (non-hydrogen) atoms. The van der Waals surface area contributed by atoms with Crippen LogP contribution in [0.5, 0.6) is 0 Å². The van der Waals surface area contributed by atoms with E-state index in [1.54, 1.807) is 0 Å². The molecule has 2 heteroatoms. The third-order valence-corrected chi connectivity index (χ3v) is 3.17. The predicted molar refractivity (Wildman–Crippen MR) is 74.6 cm³/mol. The first-order chi connectivity index (χ1) is 7.83. The molecule has 1 aromatic carbocycles. The summed E-state index contributed by atoms with van der Waals surface area (Å²) >= 11 is 5.80. The Bertz CT molecular complexity index is 334. The van der Waals surface area contributed by atoms with Crippen LogP contribution in [0.1, 0.15) is 46.1 Å². The van der Waals surface area contributed by atoms with Crippen molar-refractivity contribution in [3.05, 3.63) is 34.9 Å². The number of rotatable bonds is 1. The minimum Gasteiger partial charge on any atom is -0.393 e. The third-order valence-electron chi connectivity index (χ3n) is 2.91. The molecule has 0 atom stereocenters. The van der Waals surface area contributed by atoms with Crippen LogP contribution in [0.3, 0.4) is 0 Å². The van der Waals surface area contributed by atoms with Crippen LogP contribution in [0.25, 0.3) is 0 Å². The van der Waals surface area contributed by atoms with E-state index in [1.807, 2.05) is 24.3 Å². The third kappa shape index (κ3) is 4.33. The highest BCUT2D eigenvalue weighted by atomic mass is 35.5. The van der Waals surface area contributed by atoms with Gasteiger partial charge in [-0.1, -0.05) is 51.4 Å². The van der Waals surface area contributed by atoms with Gasteiger partial charge in [-0.15, -0.1) is 0 Å². The molecule has 1 aromatic rings. The van der Waals surface area contributed by atoms with Crippen LogP contribution in [0, 0.1) is 5.92 Å². The molecule has 0 radical (unpaired) electrons. The monoisotopic (exact) mass is 254 g/mol. The molecule has 1 aliphatic rings. The minimum atomic E-state index is -0.110. The zero-order valence-electron chi connectivity index (χ0n) is 11.2. The van der Waals surface area contributed by atoms with Crippen LogP contribution in [-0.4, -0.2) is 11.2 Å². The quantitative estimate of drug-likeness (QED) is 0.787. The maximum atomic E-state index is 9.27. The second-order valence-electron chi connectivity index (χ2n) is 5.86. The number of hydrogen-bond donors (Lipinski definition) is 1. The fourth-order valence-corrected chi connectivity index (χ4v) is 2.19. The summed E-state index contributed by atoms with van der Waals surface area (Å²) in [5.74, 6) is 0.833. The van der Waals surface area contributed by atoms with Crippen LogP contribution in [-0.2, 0) is 5.41 Å². The molecule has 1 nitrogen and oxygen atoms in total. The normalized spacial score (nSPS) is 27.1. The van der Waals surface area contributed by atoms with Gasteiger partial charge < -0.3 is 5.11 Å². The Kier molecular flexibility index (Phi) is 5.03. The summed E-state index contributed by atoms with van der Waals surface area (Å²) in [5, 5.41) is 10.0. The predicted octanol–water partition coefficient (Wildman–Crippen LogP) is 4.41. The molecule has 1 fully saturated rings.